The summed E-state index contributed by atoms with van der Waals surface area (Å²) in [6.45, 7) is 0.338. The van der Waals surface area contributed by atoms with Gasteiger partial charge in [0.15, 0.2) is 4.77 Å². The number of benzene rings is 1. The van der Waals surface area contributed by atoms with Gasteiger partial charge in [-0.1, -0.05) is 6.07 Å². The molecule has 2 N–H and O–H groups in total. The lowest BCUT2D eigenvalue weighted by Crippen LogP contribution is -2.24. The molecule has 3 aromatic rings. The molecule has 0 fully saturated rings. The van der Waals surface area contributed by atoms with Gasteiger partial charge in [-0.2, -0.15) is 0 Å². The van der Waals surface area contributed by atoms with Gasteiger partial charge >= 0.3 is 0 Å². The predicted molar refractivity (Wildman–Crippen MR) is 89.8 cm³/mol. The average molecular weight is 326 g/mol. The fraction of sp³-hybridized carbons (Fsp3) is 0.125. The van der Waals surface area contributed by atoms with Gasteiger partial charge in [-0.3, -0.25) is 19.1 Å². The van der Waals surface area contributed by atoms with E-state index in [-0.39, 0.29) is 11.5 Å². The number of hydrogen-bond acceptors (Lipinski definition) is 4. The number of nitrogens with one attached hydrogen (secondary N) is 2. The summed E-state index contributed by atoms with van der Waals surface area (Å²) in [5.41, 5.74) is 1.58. The molecule has 0 saturated heterocycles. The molecule has 0 atom stereocenters. The van der Waals surface area contributed by atoms with Crippen LogP contribution < -0.4 is 10.9 Å². The van der Waals surface area contributed by atoms with Crippen molar-refractivity contribution in [3.05, 3.63) is 69.0 Å². The van der Waals surface area contributed by atoms with Crippen LogP contribution in [0.2, 0.25) is 0 Å². The fourth-order valence-electron chi connectivity index (χ4n) is 2.22. The Labute approximate surface area is 136 Å². The molecule has 23 heavy (non-hydrogen) atoms. The van der Waals surface area contributed by atoms with E-state index in [0.717, 1.165) is 5.69 Å². The maximum Gasteiger partial charge on any atom is 0.261 e. The number of amides is 1. The number of nitrogens with zero attached hydrogens (tertiary/aromatic N) is 2. The Morgan fingerprint density at radius 1 is 1.35 bits per heavy atom. The standard InChI is InChI=1S/C16H14N4O2S/c1-20-15(22)12-6-5-10(8-13(12)19-16(20)23)14(21)18-9-11-4-2-3-7-17-11/h2-8H,9H2,1H3,(H,18,21)(H,19,23). The smallest absolute Gasteiger partial charge is 0.261 e. The van der Waals surface area contributed by atoms with Gasteiger partial charge in [0.05, 0.1) is 23.1 Å². The van der Waals surface area contributed by atoms with Crippen LogP contribution in [-0.4, -0.2) is 20.4 Å². The van der Waals surface area contributed by atoms with Gasteiger partial charge in [-0.15, -0.1) is 0 Å². The first-order valence-electron chi connectivity index (χ1n) is 6.97. The van der Waals surface area contributed by atoms with Crippen LogP contribution in [0.25, 0.3) is 10.9 Å². The van der Waals surface area contributed by atoms with Crippen LogP contribution in [0.1, 0.15) is 16.1 Å². The highest BCUT2D eigenvalue weighted by Gasteiger charge is 2.09. The van der Waals surface area contributed by atoms with Gasteiger partial charge in [0.25, 0.3) is 11.5 Å². The van der Waals surface area contributed by atoms with E-state index in [4.69, 9.17) is 12.2 Å². The second-order valence-corrected chi connectivity index (χ2v) is 5.45. The molecular weight excluding hydrogens is 312 g/mol. The Bertz CT molecular complexity index is 992. The van der Waals surface area contributed by atoms with Crippen molar-refractivity contribution in [2.24, 2.45) is 7.05 Å². The summed E-state index contributed by atoms with van der Waals surface area (Å²) >= 11 is 5.09. The predicted octanol–water partition coefficient (Wildman–Crippen LogP) is 1.92. The molecule has 1 aromatic carbocycles. The summed E-state index contributed by atoms with van der Waals surface area (Å²) in [5, 5.41) is 3.28. The molecule has 1 amide bonds. The van der Waals surface area contributed by atoms with Crippen molar-refractivity contribution in [1.29, 1.82) is 0 Å². The minimum absolute atomic E-state index is 0.191. The zero-order chi connectivity index (χ0) is 16.4. The van der Waals surface area contributed by atoms with Gasteiger partial charge in [0.1, 0.15) is 0 Å². The number of aromatic amines is 1. The van der Waals surface area contributed by atoms with E-state index in [2.05, 4.69) is 15.3 Å². The van der Waals surface area contributed by atoms with Crippen LogP contribution in [0.5, 0.6) is 0 Å². The monoisotopic (exact) mass is 326 g/mol. The van der Waals surface area contributed by atoms with Crippen molar-refractivity contribution in [2.45, 2.75) is 6.54 Å². The zero-order valence-corrected chi connectivity index (χ0v) is 13.2. The largest absolute Gasteiger partial charge is 0.346 e. The normalized spacial score (nSPS) is 10.7. The van der Waals surface area contributed by atoms with Crippen molar-refractivity contribution in [2.75, 3.05) is 0 Å². The highest BCUT2D eigenvalue weighted by molar-refractivity contribution is 7.71. The highest BCUT2D eigenvalue weighted by atomic mass is 32.1. The Morgan fingerprint density at radius 2 is 2.17 bits per heavy atom. The lowest BCUT2D eigenvalue weighted by Gasteiger charge is -2.07. The molecule has 0 aliphatic rings. The van der Waals surface area contributed by atoms with Gasteiger partial charge in [-0.05, 0) is 42.5 Å². The first-order chi connectivity index (χ1) is 11.1. The molecule has 0 aliphatic heterocycles. The Kier molecular flexibility index (Phi) is 4.03. The van der Waals surface area contributed by atoms with Gasteiger partial charge in [0, 0.05) is 18.8 Å². The molecule has 0 unspecified atom stereocenters. The summed E-state index contributed by atoms with van der Waals surface area (Å²) in [6.07, 6.45) is 1.67. The summed E-state index contributed by atoms with van der Waals surface area (Å²) in [6, 6.07) is 10.4. The minimum Gasteiger partial charge on any atom is -0.346 e. The fourth-order valence-corrected chi connectivity index (χ4v) is 2.42. The second kappa shape index (κ2) is 6.13. The number of rotatable bonds is 3. The molecule has 6 nitrogen and oxygen atoms in total. The second-order valence-electron chi connectivity index (χ2n) is 5.06. The first-order valence-corrected chi connectivity index (χ1v) is 7.38. The molecule has 0 spiro atoms. The van der Waals surface area contributed by atoms with E-state index in [1.807, 2.05) is 18.2 Å². The number of carbonyl (C=O) groups excluding carboxylic acids is 1. The summed E-state index contributed by atoms with van der Waals surface area (Å²) in [7, 11) is 1.61. The molecular formula is C16H14N4O2S. The third kappa shape index (κ3) is 3.04. The number of H-pyrrole nitrogens is 1. The number of hydrogen-bond donors (Lipinski definition) is 2. The molecule has 0 aliphatic carbocycles. The van der Waals surface area contributed by atoms with Gasteiger partial charge in [-0.25, -0.2) is 0 Å². The van der Waals surface area contributed by atoms with E-state index in [9.17, 15) is 9.59 Å². The van der Waals surface area contributed by atoms with E-state index >= 15 is 0 Å². The topological polar surface area (TPSA) is 79.8 Å². The van der Waals surface area contributed by atoms with Crippen LogP contribution in [0.15, 0.2) is 47.4 Å². The van der Waals surface area contributed by atoms with Crippen LogP contribution in [0, 0.1) is 4.77 Å². The van der Waals surface area contributed by atoms with Crippen LogP contribution in [0.3, 0.4) is 0 Å². The van der Waals surface area contributed by atoms with E-state index < -0.39 is 0 Å². The van der Waals surface area contributed by atoms with Crippen LogP contribution >= 0.6 is 12.2 Å². The molecule has 2 heterocycles. The number of aromatic nitrogens is 3. The molecule has 7 heteroatoms. The summed E-state index contributed by atoms with van der Waals surface area (Å²) < 4.78 is 1.67. The molecule has 0 bridgehead atoms. The molecule has 3 rings (SSSR count). The van der Waals surface area contributed by atoms with Gasteiger partial charge in [0.2, 0.25) is 0 Å². The third-order valence-electron chi connectivity index (χ3n) is 3.52. The van der Waals surface area contributed by atoms with E-state index in [1.165, 1.54) is 4.57 Å². The minimum atomic E-state index is -0.238. The summed E-state index contributed by atoms with van der Waals surface area (Å²) in [5.74, 6) is -0.238. The molecule has 116 valence electrons. The lowest BCUT2D eigenvalue weighted by molar-refractivity contribution is 0.0950. The molecule has 0 radical (unpaired) electrons. The molecule has 2 aromatic heterocycles. The van der Waals surface area contributed by atoms with Crippen molar-refractivity contribution >= 4 is 29.0 Å². The van der Waals surface area contributed by atoms with E-state index in [1.54, 1.807) is 31.4 Å². The van der Waals surface area contributed by atoms with Gasteiger partial charge < -0.3 is 10.3 Å². The van der Waals surface area contributed by atoms with Crippen molar-refractivity contribution < 1.29 is 4.79 Å². The Balaban J connectivity index is 1.88. The maximum absolute atomic E-state index is 12.2. The quantitative estimate of drug-likeness (QED) is 0.721. The lowest BCUT2D eigenvalue weighted by atomic mass is 10.1. The summed E-state index contributed by atoms with van der Waals surface area (Å²) in [4.78, 5) is 31.4. The number of fused-ring (bicyclic) bond motifs is 1. The van der Waals surface area contributed by atoms with Crippen LogP contribution in [-0.2, 0) is 13.6 Å². The average Bonchev–Trinajstić information content (AvgIpc) is 2.58. The number of carbonyl (C=O) groups is 1. The van der Waals surface area contributed by atoms with Crippen molar-refractivity contribution in [3.8, 4) is 0 Å². The first kappa shape index (κ1) is 15.1. The SMILES string of the molecule is Cn1c(=S)[nH]c2cc(C(=O)NCc3ccccn3)ccc2c1=O. The Hall–Kier alpha value is -2.80. The zero-order valence-electron chi connectivity index (χ0n) is 12.4. The Morgan fingerprint density at radius 3 is 2.91 bits per heavy atom. The highest BCUT2D eigenvalue weighted by Crippen LogP contribution is 2.10. The van der Waals surface area contributed by atoms with Crippen LogP contribution in [0.4, 0.5) is 0 Å². The maximum atomic E-state index is 12.2. The number of pyridine rings is 1. The molecule has 0 saturated carbocycles. The van der Waals surface area contributed by atoms with E-state index in [0.29, 0.717) is 27.8 Å². The third-order valence-corrected chi connectivity index (χ3v) is 3.90. The van der Waals surface area contributed by atoms with Crippen molar-refractivity contribution in [1.82, 2.24) is 19.9 Å². The van der Waals surface area contributed by atoms with Crippen molar-refractivity contribution in [3.63, 3.8) is 0 Å².